The van der Waals surface area contributed by atoms with Crippen molar-refractivity contribution < 1.29 is 0 Å². The molecule has 2 saturated heterocycles. The third kappa shape index (κ3) is 3.56. The fourth-order valence-corrected chi connectivity index (χ4v) is 7.44. The molecule has 0 radical (unpaired) electrons. The highest BCUT2D eigenvalue weighted by Crippen LogP contribution is 2.57. The lowest BCUT2D eigenvalue weighted by atomic mass is 9.52. The predicted octanol–water partition coefficient (Wildman–Crippen LogP) is 5.58. The van der Waals surface area contributed by atoms with Gasteiger partial charge in [-0.15, -0.1) is 0 Å². The van der Waals surface area contributed by atoms with Gasteiger partial charge in [0.15, 0.2) is 0 Å². The Morgan fingerprint density at radius 2 is 1.61 bits per heavy atom. The topological polar surface area (TPSA) is 6.48 Å². The van der Waals surface area contributed by atoms with E-state index in [0.29, 0.717) is 5.41 Å². The van der Waals surface area contributed by atoms with Gasteiger partial charge in [-0.25, -0.2) is 0 Å². The van der Waals surface area contributed by atoms with Gasteiger partial charge in [-0.3, -0.25) is 4.90 Å². The summed E-state index contributed by atoms with van der Waals surface area (Å²) in [6.45, 7) is 6.73. The molecule has 0 aromatic rings. The molecule has 2 nitrogen and oxygen atoms in total. The second-order valence-corrected chi connectivity index (χ2v) is 10.2. The first-order chi connectivity index (χ1) is 13.9. The van der Waals surface area contributed by atoms with Crippen LogP contribution in [0.3, 0.4) is 0 Å². The molecular weight excluding hydrogens is 340 g/mol. The second-order valence-electron chi connectivity index (χ2n) is 10.2. The average molecular weight is 381 g/mol. The number of piperidine rings is 2. The zero-order valence-corrected chi connectivity index (χ0v) is 17.8. The first-order valence-corrected chi connectivity index (χ1v) is 12.3. The van der Waals surface area contributed by atoms with Crippen molar-refractivity contribution >= 4 is 0 Å². The van der Waals surface area contributed by atoms with Crippen LogP contribution in [0.15, 0.2) is 36.0 Å². The lowest BCUT2D eigenvalue weighted by molar-refractivity contribution is -0.109. The van der Waals surface area contributed by atoms with E-state index in [1.165, 1.54) is 103 Å². The van der Waals surface area contributed by atoms with Crippen LogP contribution >= 0.6 is 0 Å². The molecule has 6 bridgehead atoms. The molecule has 2 heteroatoms. The molecule has 28 heavy (non-hydrogen) atoms. The van der Waals surface area contributed by atoms with Gasteiger partial charge in [0.05, 0.1) is 0 Å². The number of hydrogen-bond acceptors (Lipinski definition) is 2. The molecule has 2 unspecified atom stereocenters. The van der Waals surface area contributed by atoms with Gasteiger partial charge in [-0.1, -0.05) is 36.0 Å². The molecule has 0 aromatic heterocycles. The predicted molar refractivity (Wildman–Crippen MR) is 118 cm³/mol. The van der Waals surface area contributed by atoms with Crippen LogP contribution in [0.4, 0.5) is 0 Å². The van der Waals surface area contributed by atoms with Crippen LogP contribution in [0.5, 0.6) is 0 Å². The Hall–Kier alpha value is -0.860. The summed E-state index contributed by atoms with van der Waals surface area (Å²) in [5, 5.41) is 0. The van der Waals surface area contributed by atoms with Gasteiger partial charge in [-0.05, 0) is 102 Å². The van der Waals surface area contributed by atoms with Crippen LogP contribution in [0, 0.1) is 17.3 Å². The summed E-state index contributed by atoms with van der Waals surface area (Å²) < 4.78 is 0. The Morgan fingerprint density at radius 3 is 2.50 bits per heavy atom. The molecule has 1 aliphatic carbocycles. The third-order valence-electron chi connectivity index (χ3n) is 8.53. The van der Waals surface area contributed by atoms with E-state index in [2.05, 4.69) is 40.2 Å². The number of hydrogen-bond donors (Lipinski definition) is 0. The van der Waals surface area contributed by atoms with Crippen LogP contribution < -0.4 is 0 Å². The molecule has 6 atom stereocenters. The van der Waals surface area contributed by atoms with Gasteiger partial charge in [0.25, 0.3) is 0 Å². The zero-order chi connectivity index (χ0) is 18.8. The van der Waals surface area contributed by atoms with Gasteiger partial charge in [0.2, 0.25) is 0 Å². The molecule has 0 aromatic carbocycles. The van der Waals surface area contributed by atoms with Gasteiger partial charge in [0.1, 0.15) is 0 Å². The highest BCUT2D eigenvalue weighted by molar-refractivity contribution is 5.30. The minimum atomic E-state index is 0.512. The van der Waals surface area contributed by atoms with Crippen LogP contribution in [0.1, 0.15) is 70.6 Å². The largest absolute Gasteiger partial charge is 0.303 e. The molecule has 2 fully saturated rings. The lowest BCUT2D eigenvalue weighted by Crippen LogP contribution is -2.68. The first-order valence-electron chi connectivity index (χ1n) is 12.3. The van der Waals surface area contributed by atoms with E-state index in [4.69, 9.17) is 0 Å². The molecule has 1 spiro atoms. The maximum Gasteiger partial charge on any atom is 0.0379 e. The average Bonchev–Trinajstić information content (AvgIpc) is 2.73. The number of rotatable bonds is 0. The number of fused-ring (bicyclic) bond motifs is 1. The first kappa shape index (κ1) is 19.1. The summed E-state index contributed by atoms with van der Waals surface area (Å²) in [6, 6.07) is 0.728. The molecule has 6 aliphatic rings. The van der Waals surface area contributed by atoms with E-state index in [9.17, 15) is 0 Å². The Kier molecular flexibility index (Phi) is 5.79. The molecule has 0 N–H and O–H groups in total. The van der Waals surface area contributed by atoms with Gasteiger partial charge in [0, 0.05) is 24.5 Å². The van der Waals surface area contributed by atoms with E-state index in [-0.39, 0.29) is 0 Å². The molecule has 6 rings (SSSR count). The quantitative estimate of drug-likeness (QED) is 0.507. The summed E-state index contributed by atoms with van der Waals surface area (Å²) in [7, 11) is 0. The Bertz CT molecular complexity index is 632. The summed E-state index contributed by atoms with van der Waals surface area (Å²) in [4.78, 5) is 5.84. The summed E-state index contributed by atoms with van der Waals surface area (Å²) in [5.41, 5.74) is 2.33. The van der Waals surface area contributed by atoms with E-state index < -0.39 is 0 Å². The highest BCUT2D eigenvalue weighted by atomic mass is 15.2. The van der Waals surface area contributed by atoms with Gasteiger partial charge in [-0.2, -0.15) is 0 Å². The maximum atomic E-state index is 2.97. The Balaban J connectivity index is 1.53. The van der Waals surface area contributed by atoms with Gasteiger partial charge < -0.3 is 4.90 Å². The van der Waals surface area contributed by atoms with Crippen molar-refractivity contribution in [2.24, 2.45) is 17.3 Å². The lowest BCUT2D eigenvalue weighted by Gasteiger charge is -2.64. The zero-order valence-electron chi connectivity index (χ0n) is 17.8. The molecule has 154 valence electrons. The monoisotopic (exact) mass is 380 g/mol. The minimum absolute atomic E-state index is 0.512. The van der Waals surface area contributed by atoms with E-state index >= 15 is 0 Å². The second kappa shape index (κ2) is 8.48. The van der Waals surface area contributed by atoms with Crippen molar-refractivity contribution in [3.63, 3.8) is 0 Å². The molecule has 0 amide bonds. The number of allylic oxidation sites excluding steroid dienone is 4. The van der Waals surface area contributed by atoms with Crippen LogP contribution in [-0.4, -0.2) is 48.6 Å². The van der Waals surface area contributed by atoms with Crippen molar-refractivity contribution in [2.75, 3.05) is 32.7 Å². The molecule has 0 saturated carbocycles. The minimum Gasteiger partial charge on any atom is -0.303 e. The third-order valence-corrected chi connectivity index (χ3v) is 8.53. The Labute approximate surface area is 172 Å². The van der Waals surface area contributed by atoms with Crippen molar-refractivity contribution in [2.45, 2.75) is 76.7 Å². The standard InChI is InChI=1S/C26H40N2/c1-3-7-11-16-27-18-14-24-23-19-22(13-9-5-1)25-26(24,21-27)15-10-6-2-4-8-12-17-28(25)20-23/h1-2,5-6,19,23-25H,3-4,7-18,20-21H2/b5-1-,6-2-/t23-,24-,25+,26-/m0/s1. The number of nitrogens with zero attached hydrogens (tertiary/aromatic N) is 2. The van der Waals surface area contributed by atoms with Gasteiger partial charge >= 0.3 is 0 Å². The smallest absolute Gasteiger partial charge is 0.0379 e. The Morgan fingerprint density at radius 1 is 0.821 bits per heavy atom. The summed E-state index contributed by atoms with van der Waals surface area (Å²) >= 11 is 0. The maximum absolute atomic E-state index is 2.97. The molecule has 5 heterocycles. The van der Waals surface area contributed by atoms with Crippen LogP contribution in [-0.2, 0) is 0 Å². The van der Waals surface area contributed by atoms with E-state index in [0.717, 1.165) is 17.9 Å². The fourth-order valence-electron chi connectivity index (χ4n) is 7.44. The summed E-state index contributed by atoms with van der Waals surface area (Å²) in [6.07, 6.45) is 27.5. The van der Waals surface area contributed by atoms with Crippen molar-refractivity contribution in [1.82, 2.24) is 9.80 Å². The van der Waals surface area contributed by atoms with Crippen molar-refractivity contribution in [1.29, 1.82) is 0 Å². The van der Waals surface area contributed by atoms with E-state index in [1.807, 2.05) is 5.57 Å². The fraction of sp³-hybridized carbons (Fsp3) is 0.769. The van der Waals surface area contributed by atoms with Crippen LogP contribution in [0.25, 0.3) is 0 Å². The molecular formula is C26H40N2. The van der Waals surface area contributed by atoms with Crippen molar-refractivity contribution in [3.8, 4) is 0 Å². The summed E-state index contributed by atoms with van der Waals surface area (Å²) in [5.74, 6) is 1.75. The SMILES string of the molecule is C1=C2CC/C=C\CCCCN3CC[C@H]4[C@@H]1CN1CCCC/C=C\CC[C@@]4(C3)[C@@H]21. The highest BCUT2D eigenvalue weighted by Gasteiger charge is 2.58. The molecule has 5 aliphatic heterocycles. The normalized spacial score (nSPS) is 46.3. The van der Waals surface area contributed by atoms with Crippen molar-refractivity contribution in [3.05, 3.63) is 36.0 Å². The van der Waals surface area contributed by atoms with Crippen LogP contribution in [0.2, 0.25) is 0 Å². The van der Waals surface area contributed by atoms with E-state index in [1.54, 1.807) is 0 Å².